The largest absolute Gasteiger partial charge is 0.478 e. The second-order valence-corrected chi connectivity index (χ2v) is 4.95. The smallest absolute Gasteiger partial charge is 0.328 e. The molecule has 0 spiro atoms. The lowest BCUT2D eigenvalue weighted by atomic mass is 10.2. The molecule has 6 heteroatoms. The number of nitrogens with one attached hydrogen (secondary N) is 1. The van der Waals surface area contributed by atoms with Crippen LogP contribution in [0, 0.1) is 5.92 Å². The van der Waals surface area contributed by atoms with E-state index < -0.39 is 5.97 Å². The van der Waals surface area contributed by atoms with E-state index in [1.54, 1.807) is 6.07 Å². The number of pyridine rings is 1. The van der Waals surface area contributed by atoms with Gasteiger partial charge < -0.3 is 15.2 Å². The molecule has 2 N–H and O–H groups in total. The van der Waals surface area contributed by atoms with Crippen molar-refractivity contribution in [1.82, 2.24) is 10.3 Å². The molecule has 1 aliphatic rings. The number of carboxylic acid groups (broad SMARTS) is 1. The fourth-order valence-corrected chi connectivity index (χ4v) is 1.71. The molecule has 0 unspecified atom stereocenters. The number of ether oxygens (including phenoxy) is 1. The first-order valence-corrected chi connectivity index (χ1v) is 6.87. The average Bonchev–Trinajstić information content (AvgIpc) is 3.29. The van der Waals surface area contributed by atoms with Crippen molar-refractivity contribution < 1.29 is 19.4 Å². The van der Waals surface area contributed by atoms with Crippen LogP contribution in [0.5, 0.6) is 0 Å². The summed E-state index contributed by atoms with van der Waals surface area (Å²) in [7, 11) is 0. The summed E-state index contributed by atoms with van der Waals surface area (Å²) in [5.41, 5.74) is 0.958. The molecule has 0 atom stereocenters. The summed E-state index contributed by atoms with van der Waals surface area (Å²) in [6, 6.07) is 1.59. The summed E-state index contributed by atoms with van der Waals surface area (Å²) < 4.78 is 5.43. The summed E-state index contributed by atoms with van der Waals surface area (Å²) in [5, 5.41) is 11.3. The van der Waals surface area contributed by atoms with Crippen molar-refractivity contribution in [3.63, 3.8) is 0 Å². The maximum absolute atomic E-state index is 11.9. The Morgan fingerprint density at radius 2 is 2.24 bits per heavy atom. The Balaban J connectivity index is 1.77. The van der Waals surface area contributed by atoms with Crippen LogP contribution in [0.2, 0.25) is 0 Å². The maximum Gasteiger partial charge on any atom is 0.328 e. The van der Waals surface area contributed by atoms with Gasteiger partial charge >= 0.3 is 5.97 Å². The third-order valence-electron chi connectivity index (χ3n) is 3.02. The van der Waals surface area contributed by atoms with Gasteiger partial charge in [-0.05, 0) is 36.5 Å². The third-order valence-corrected chi connectivity index (χ3v) is 3.02. The first-order valence-electron chi connectivity index (χ1n) is 6.87. The van der Waals surface area contributed by atoms with E-state index >= 15 is 0 Å². The Morgan fingerprint density at radius 3 is 2.95 bits per heavy atom. The van der Waals surface area contributed by atoms with Gasteiger partial charge in [0.15, 0.2) is 0 Å². The normalized spacial score (nSPS) is 14.3. The van der Waals surface area contributed by atoms with Gasteiger partial charge in [-0.3, -0.25) is 9.78 Å². The van der Waals surface area contributed by atoms with Crippen molar-refractivity contribution in [2.75, 3.05) is 19.8 Å². The van der Waals surface area contributed by atoms with Crippen LogP contribution in [0.4, 0.5) is 0 Å². The van der Waals surface area contributed by atoms with Gasteiger partial charge in [0.2, 0.25) is 0 Å². The lowest BCUT2D eigenvalue weighted by Gasteiger charge is -2.06. The number of hydrogen-bond acceptors (Lipinski definition) is 4. The monoisotopic (exact) mass is 290 g/mol. The van der Waals surface area contributed by atoms with Gasteiger partial charge in [0.05, 0.1) is 12.2 Å². The van der Waals surface area contributed by atoms with Crippen LogP contribution in [0.15, 0.2) is 24.5 Å². The second-order valence-electron chi connectivity index (χ2n) is 4.95. The quantitative estimate of drug-likeness (QED) is 0.557. The van der Waals surface area contributed by atoms with E-state index in [1.165, 1.54) is 31.3 Å². The van der Waals surface area contributed by atoms with E-state index in [-0.39, 0.29) is 5.91 Å². The minimum Gasteiger partial charge on any atom is -0.478 e. The summed E-state index contributed by atoms with van der Waals surface area (Å²) in [6.45, 7) is 1.71. The van der Waals surface area contributed by atoms with Crippen LogP contribution >= 0.6 is 0 Å². The number of carbonyl (C=O) groups is 2. The molecule has 21 heavy (non-hydrogen) atoms. The van der Waals surface area contributed by atoms with Gasteiger partial charge in [0, 0.05) is 31.6 Å². The highest BCUT2D eigenvalue weighted by Crippen LogP contribution is 2.28. The molecule has 0 aliphatic heterocycles. The predicted molar refractivity (Wildman–Crippen MR) is 76.8 cm³/mol. The Hall–Kier alpha value is -2.21. The molecule has 6 nitrogen and oxygen atoms in total. The van der Waals surface area contributed by atoms with Gasteiger partial charge in [-0.2, -0.15) is 0 Å². The summed E-state index contributed by atoms with van der Waals surface area (Å²) in [4.78, 5) is 26.3. The molecule has 1 heterocycles. The molecular formula is C15H18N2O4. The van der Waals surface area contributed by atoms with Gasteiger partial charge in [0.1, 0.15) is 0 Å². The number of carboxylic acids is 1. The van der Waals surface area contributed by atoms with Gasteiger partial charge in [-0.15, -0.1) is 0 Å². The standard InChI is InChI=1S/C15H18N2O4/c18-14(19)4-3-12-7-13(9-16-8-12)15(20)17-5-6-21-10-11-1-2-11/h3-4,7-9,11H,1-2,5-6,10H2,(H,17,20)(H,18,19)/b4-3+. The first kappa shape index (κ1) is 15.2. The minimum absolute atomic E-state index is 0.247. The SMILES string of the molecule is O=C(O)/C=C/c1cncc(C(=O)NCCOCC2CC2)c1. The van der Waals surface area contributed by atoms with Crippen molar-refractivity contribution in [3.8, 4) is 0 Å². The maximum atomic E-state index is 11.9. The second kappa shape index (κ2) is 7.54. The molecule has 1 fully saturated rings. The van der Waals surface area contributed by atoms with Crippen LogP contribution in [0.1, 0.15) is 28.8 Å². The molecule has 0 aromatic carbocycles. The molecular weight excluding hydrogens is 272 g/mol. The topological polar surface area (TPSA) is 88.5 Å². The fraction of sp³-hybridized carbons (Fsp3) is 0.400. The highest BCUT2D eigenvalue weighted by molar-refractivity contribution is 5.94. The van der Waals surface area contributed by atoms with Crippen LogP contribution in [0.25, 0.3) is 6.08 Å². The van der Waals surface area contributed by atoms with Gasteiger partial charge in [0.25, 0.3) is 5.91 Å². The Labute approximate surface area is 122 Å². The first-order chi connectivity index (χ1) is 10.1. The Kier molecular flexibility index (Phi) is 5.45. The molecule has 0 bridgehead atoms. The van der Waals surface area contributed by atoms with Crippen molar-refractivity contribution in [3.05, 3.63) is 35.7 Å². The van der Waals surface area contributed by atoms with E-state index in [0.717, 1.165) is 12.7 Å². The zero-order valence-electron chi connectivity index (χ0n) is 11.6. The van der Waals surface area contributed by atoms with Gasteiger partial charge in [-0.1, -0.05) is 0 Å². The number of hydrogen-bond donors (Lipinski definition) is 2. The Morgan fingerprint density at radius 1 is 1.43 bits per heavy atom. The molecule has 2 rings (SSSR count). The van der Waals surface area contributed by atoms with Crippen molar-refractivity contribution in [2.24, 2.45) is 5.92 Å². The number of amides is 1. The number of nitrogens with zero attached hydrogens (tertiary/aromatic N) is 1. The molecule has 112 valence electrons. The van der Waals surface area contributed by atoms with Crippen molar-refractivity contribution >= 4 is 18.0 Å². The fourth-order valence-electron chi connectivity index (χ4n) is 1.71. The molecule has 1 aliphatic carbocycles. The number of aliphatic carboxylic acids is 1. The molecule has 1 saturated carbocycles. The highest BCUT2D eigenvalue weighted by atomic mass is 16.5. The van der Waals surface area contributed by atoms with Crippen LogP contribution < -0.4 is 5.32 Å². The third kappa shape index (κ3) is 5.74. The molecule has 1 amide bonds. The summed E-state index contributed by atoms with van der Waals surface area (Å²) in [6.07, 6.45) is 7.83. The van der Waals surface area contributed by atoms with E-state index in [9.17, 15) is 9.59 Å². The number of carbonyl (C=O) groups excluding carboxylic acids is 1. The van der Waals surface area contributed by atoms with E-state index in [2.05, 4.69) is 10.3 Å². The highest BCUT2D eigenvalue weighted by Gasteiger charge is 2.20. The summed E-state index contributed by atoms with van der Waals surface area (Å²) >= 11 is 0. The lowest BCUT2D eigenvalue weighted by Crippen LogP contribution is -2.27. The van der Waals surface area contributed by atoms with Crippen LogP contribution in [-0.2, 0) is 9.53 Å². The van der Waals surface area contributed by atoms with Crippen LogP contribution in [-0.4, -0.2) is 41.7 Å². The van der Waals surface area contributed by atoms with Crippen molar-refractivity contribution in [2.45, 2.75) is 12.8 Å². The molecule has 0 saturated heterocycles. The average molecular weight is 290 g/mol. The molecule has 1 aromatic rings. The Bertz CT molecular complexity index is 538. The number of aromatic nitrogens is 1. The van der Waals surface area contributed by atoms with Crippen LogP contribution in [0.3, 0.4) is 0 Å². The number of rotatable bonds is 8. The zero-order valence-corrected chi connectivity index (χ0v) is 11.6. The van der Waals surface area contributed by atoms with E-state index in [1.807, 2.05) is 0 Å². The predicted octanol–water partition coefficient (Wildman–Crippen LogP) is 1.34. The summed E-state index contributed by atoms with van der Waals surface area (Å²) in [5.74, 6) is -0.580. The minimum atomic E-state index is -1.04. The zero-order chi connectivity index (χ0) is 15.1. The lowest BCUT2D eigenvalue weighted by molar-refractivity contribution is -0.131. The molecule has 1 aromatic heterocycles. The van der Waals surface area contributed by atoms with E-state index in [0.29, 0.717) is 30.2 Å². The van der Waals surface area contributed by atoms with Gasteiger partial charge in [-0.25, -0.2) is 4.79 Å². The molecule has 0 radical (unpaired) electrons. The van der Waals surface area contributed by atoms with Crippen molar-refractivity contribution in [1.29, 1.82) is 0 Å². The van der Waals surface area contributed by atoms with E-state index in [4.69, 9.17) is 9.84 Å².